The second kappa shape index (κ2) is 9.77. The number of aliphatic imine (C=N–C) groups is 1. The van der Waals surface area contributed by atoms with Crippen molar-refractivity contribution in [2.45, 2.75) is 19.6 Å². The number of rotatable bonds is 5. The summed E-state index contributed by atoms with van der Waals surface area (Å²) in [4.78, 5) is 9.94. The fourth-order valence-electron chi connectivity index (χ4n) is 2.16. The third kappa shape index (κ3) is 5.30. The van der Waals surface area contributed by atoms with E-state index in [0.717, 1.165) is 10.1 Å². The Hall–Kier alpha value is -1.42. The number of halogens is 4. The maximum atomic E-state index is 12.8. The van der Waals surface area contributed by atoms with E-state index in [9.17, 15) is 8.78 Å². The molecule has 2 rings (SSSR count). The van der Waals surface area contributed by atoms with Crippen LogP contribution in [-0.4, -0.2) is 34.5 Å². The highest BCUT2D eigenvalue weighted by Crippen LogP contribution is 2.16. The number of hydrogen-bond donors (Lipinski definition) is 1. The monoisotopic (exact) mass is 469 g/mol. The number of alkyl halides is 2. The van der Waals surface area contributed by atoms with Crippen molar-refractivity contribution in [2.75, 3.05) is 14.1 Å². The minimum Gasteiger partial charge on any atom is -0.349 e. The van der Waals surface area contributed by atoms with Crippen molar-refractivity contribution in [1.82, 2.24) is 19.8 Å². The molecule has 9 heteroatoms. The van der Waals surface area contributed by atoms with E-state index in [4.69, 9.17) is 11.6 Å². The van der Waals surface area contributed by atoms with Crippen molar-refractivity contribution in [2.24, 2.45) is 4.99 Å². The average molecular weight is 470 g/mol. The number of benzene rings is 1. The zero-order valence-electron chi connectivity index (χ0n) is 13.3. The topological polar surface area (TPSA) is 45.5 Å². The molecule has 2 aromatic rings. The van der Waals surface area contributed by atoms with Crippen LogP contribution >= 0.6 is 35.6 Å². The van der Waals surface area contributed by atoms with Crippen LogP contribution in [0.3, 0.4) is 0 Å². The van der Waals surface area contributed by atoms with Crippen LogP contribution in [0, 0.1) is 0 Å². The summed E-state index contributed by atoms with van der Waals surface area (Å²) in [6.07, 6.45) is 2.59. The van der Waals surface area contributed by atoms with Gasteiger partial charge < -0.3 is 10.2 Å². The number of nitrogens with one attached hydrogen (secondary N) is 1. The van der Waals surface area contributed by atoms with E-state index in [1.54, 1.807) is 7.05 Å². The van der Waals surface area contributed by atoms with Gasteiger partial charge in [-0.3, -0.25) is 9.56 Å². The molecule has 1 N–H and O–H groups in total. The molecule has 0 aliphatic carbocycles. The van der Waals surface area contributed by atoms with Crippen LogP contribution in [0.4, 0.5) is 8.78 Å². The lowest BCUT2D eigenvalue weighted by Crippen LogP contribution is -2.38. The van der Waals surface area contributed by atoms with Crippen molar-refractivity contribution >= 4 is 41.5 Å². The molecule has 1 aromatic carbocycles. The minimum atomic E-state index is -2.61. The predicted octanol–water partition coefficient (Wildman–Crippen LogP) is 3.76. The van der Waals surface area contributed by atoms with E-state index in [2.05, 4.69) is 15.3 Å². The van der Waals surface area contributed by atoms with Crippen LogP contribution in [0.5, 0.6) is 0 Å². The molecule has 1 aromatic heterocycles. The Balaban J connectivity index is 0.00000288. The maximum absolute atomic E-state index is 12.8. The van der Waals surface area contributed by atoms with Gasteiger partial charge in [0.25, 0.3) is 0 Å². The van der Waals surface area contributed by atoms with Crippen LogP contribution in [0.15, 0.2) is 41.7 Å². The van der Waals surface area contributed by atoms with Crippen LogP contribution in [0.25, 0.3) is 0 Å². The first-order valence-corrected chi connectivity index (χ1v) is 7.35. The van der Waals surface area contributed by atoms with Crippen LogP contribution in [0.1, 0.15) is 17.9 Å². The summed E-state index contributed by atoms with van der Waals surface area (Å²) in [6.45, 7) is -1.92. The van der Waals surface area contributed by atoms with Crippen molar-refractivity contribution < 1.29 is 8.78 Å². The van der Waals surface area contributed by atoms with Gasteiger partial charge in [-0.25, -0.2) is 4.98 Å². The lowest BCUT2D eigenvalue weighted by atomic mass is 10.2. The third-order valence-electron chi connectivity index (χ3n) is 3.30. The Labute approximate surface area is 161 Å². The normalized spacial score (nSPS) is 11.3. The van der Waals surface area contributed by atoms with Gasteiger partial charge >= 0.3 is 6.55 Å². The summed E-state index contributed by atoms with van der Waals surface area (Å²) in [6, 6.07) is 7.52. The number of imidazole rings is 1. The largest absolute Gasteiger partial charge is 0.349 e. The van der Waals surface area contributed by atoms with Gasteiger partial charge in [0, 0.05) is 38.1 Å². The van der Waals surface area contributed by atoms with Gasteiger partial charge in [-0.1, -0.05) is 29.8 Å². The zero-order valence-corrected chi connectivity index (χ0v) is 16.4. The molecule has 0 saturated carbocycles. The van der Waals surface area contributed by atoms with Crippen molar-refractivity contribution in [3.63, 3.8) is 0 Å². The van der Waals surface area contributed by atoms with Gasteiger partial charge in [-0.05, 0) is 11.6 Å². The highest BCUT2D eigenvalue weighted by atomic mass is 127. The highest BCUT2D eigenvalue weighted by Gasteiger charge is 2.13. The molecule has 1 heterocycles. The second-order valence-electron chi connectivity index (χ2n) is 4.88. The fraction of sp³-hybridized carbons (Fsp3) is 0.333. The van der Waals surface area contributed by atoms with Crippen LogP contribution in [0.2, 0.25) is 5.02 Å². The summed E-state index contributed by atoms with van der Waals surface area (Å²) >= 11 is 6.15. The molecule has 0 saturated heterocycles. The number of nitrogens with zero attached hydrogens (tertiary/aromatic N) is 4. The third-order valence-corrected chi connectivity index (χ3v) is 3.67. The van der Waals surface area contributed by atoms with Crippen LogP contribution in [-0.2, 0) is 13.1 Å². The SMILES string of the molecule is CN=C(NCc1nccn1C(F)F)N(C)Cc1ccccc1Cl.I. The quantitative estimate of drug-likeness (QED) is 0.412. The first-order chi connectivity index (χ1) is 11.0. The minimum absolute atomic E-state index is 0. The average Bonchev–Trinajstić information content (AvgIpc) is 2.99. The smallest absolute Gasteiger partial charge is 0.319 e. The number of guanidine groups is 1. The van der Waals surface area contributed by atoms with Crippen molar-refractivity contribution in [1.29, 1.82) is 0 Å². The summed E-state index contributed by atoms with van der Waals surface area (Å²) < 4.78 is 26.4. The fourth-order valence-corrected chi connectivity index (χ4v) is 2.35. The number of hydrogen-bond acceptors (Lipinski definition) is 2. The standard InChI is InChI=1S/C15H18ClF2N5.HI/c1-19-15(21-9-13-20-7-8-23(13)14(17)18)22(2)10-11-5-3-4-6-12(11)16;/h3-8,14H,9-10H2,1-2H3,(H,19,21);1H. The summed E-state index contributed by atoms with van der Waals surface area (Å²) in [5, 5.41) is 3.69. The molecule has 0 aliphatic rings. The van der Waals surface area contributed by atoms with Gasteiger partial charge in [0.05, 0.1) is 6.54 Å². The molecule has 0 bridgehead atoms. The van der Waals surface area contributed by atoms with Crippen LogP contribution < -0.4 is 5.32 Å². The molecule has 0 unspecified atom stereocenters. The summed E-state index contributed by atoms with van der Waals surface area (Å²) in [5.41, 5.74) is 0.952. The Morgan fingerprint density at radius 2 is 2.12 bits per heavy atom. The van der Waals surface area contributed by atoms with Crippen molar-refractivity contribution in [3.8, 4) is 0 Å². The molecule has 0 amide bonds. The van der Waals surface area contributed by atoms with Gasteiger partial charge in [-0.15, -0.1) is 24.0 Å². The Bertz CT molecular complexity index is 677. The van der Waals surface area contributed by atoms with Gasteiger partial charge in [0.15, 0.2) is 5.96 Å². The van der Waals surface area contributed by atoms with E-state index in [0.29, 0.717) is 17.5 Å². The predicted molar refractivity (Wildman–Crippen MR) is 102 cm³/mol. The molecule has 0 radical (unpaired) electrons. The molecule has 5 nitrogen and oxygen atoms in total. The molecule has 0 fully saturated rings. The molecule has 0 aliphatic heterocycles. The first-order valence-electron chi connectivity index (χ1n) is 6.98. The Kier molecular flexibility index (Phi) is 8.40. The lowest BCUT2D eigenvalue weighted by Gasteiger charge is -2.22. The molecule has 132 valence electrons. The van der Waals surface area contributed by atoms with E-state index >= 15 is 0 Å². The zero-order chi connectivity index (χ0) is 16.8. The van der Waals surface area contributed by atoms with Gasteiger partial charge in [0.2, 0.25) is 0 Å². The molecule has 24 heavy (non-hydrogen) atoms. The Morgan fingerprint density at radius 3 is 2.75 bits per heavy atom. The molecule has 0 spiro atoms. The van der Waals surface area contributed by atoms with Gasteiger partial charge in [-0.2, -0.15) is 8.78 Å². The van der Waals surface area contributed by atoms with Gasteiger partial charge in [0.1, 0.15) is 5.82 Å². The summed E-state index contributed by atoms with van der Waals surface area (Å²) in [7, 11) is 3.48. The van der Waals surface area contributed by atoms with E-state index in [1.165, 1.54) is 12.4 Å². The lowest BCUT2D eigenvalue weighted by molar-refractivity contribution is 0.0668. The molecule has 0 atom stereocenters. The van der Waals surface area contributed by atoms with E-state index in [-0.39, 0.29) is 36.3 Å². The first kappa shape index (κ1) is 20.6. The molecular weight excluding hydrogens is 451 g/mol. The molecular formula is C15H19ClF2IN5. The van der Waals surface area contributed by atoms with Crippen molar-refractivity contribution in [3.05, 3.63) is 53.1 Å². The van der Waals surface area contributed by atoms with E-state index in [1.807, 2.05) is 36.2 Å². The number of aromatic nitrogens is 2. The highest BCUT2D eigenvalue weighted by molar-refractivity contribution is 14.0. The summed E-state index contributed by atoms with van der Waals surface area (Å²) in [5.74, 6) is 0.807. The Morgan fingerprint density at radius 1 is 1.42 bits per heavy atom. The maximum Gasteiger partial charge on any atom is 0.319 e. The van der Waals surface area contributed by atoms with E-state index < -0.39 is 6.55 Å². The second-order valence-corrected chi connectivity index (χ2v) is 5.28.